The summed E-state index contributed by atoms with van der Waals surface area (Å²) in [5.41, 5.74) is -1.72. The fourth-order valence-corrected chi connectivity index (χ4v) is 5.33. The summed E-state index contributed by atoms with van der Waals surface area (Å²) in [6.07, 6.45) is -2.50. The molecule has 1 fully saturated rings. The molecule has 184 valence electrons. The van der Waals surface area contributed by atoms with E-state index in [2.05, 4.69) is 9.97 Å². The Hall–Kier alpha value is -3.89. The molecule has 1 saturated heterocycles. The van der Waals surface area contributed by atoms with Gasteiger partial charge in [0.2, 0.25) is 0 Å². The molecule has 0 bridgehead atoms. The summed E-state index contributed by atoms with van der Waals surface area (Å²) in [5.74, 6) is -1.36. The Kier molecular flexibility index (Phi) is 6.38. The molecule has 1 N–H and O–H groups in total. The number of aromatic nitrogens is 2. The first kappa shape index (κ1) is 23.8. The van der Waals surface area contributed by atoms with Gasteiger partial charge >= 0.3 is 11.9 Å². The van der Waals surface area contributed by atoms with Crippen LogP contribution >= 0.6 is 11.3 Å². The zero-order chi connectivity index (χ0) is 25.3. The second-order valence-corrected chi connectivity index (χ2v) is 9.37. The van der Waals surface area contributed by atoms with Crippen molar-refractivity contribution in [2.45, 2.75) is 30.9 Å². The van der Waals surface area contributed by atoms with Crippen molar-refractivity contribution in [2.24, 2.45) is 0 Å². The van der Waals surface area contributed by atoms with Crippen molar-refractivity contribution in [1.29, 1.82) is 0 Å². The second-order valence-electron chi connectivity index (χ2n) is 8.46. The molecular formula is C26H21FN2O6S. The largest absolute Gasteiger partial charge is 0.459 e. The van der Waals surface area contributed by atoms with E-state index in [1.165, 1.54) is 13.3 Å². The molecule has 0 amide bonds. The standard InChI is InChI=1S/C26H21FN2O6S/c1-26(27)21(35-25(32)16-10-6-3-7-11-16)18(12-33-24(31)15-8-4-2-5-9-15)34-22(26)20-19-17(13-36-20)23(30)29-14-28-19/h2-11,13-14,18,21-22H,12H2,1H3,(H,28,29,30)/t18-,21-,22+,26-/m1/s1. The third kappa shape index (κ3) is 4.40. The number of H-pyrrole nitrogens is 1. The fraction of sp³-hybridized carbons (Fsp3) is 0.231. The predicted molar refractivity (Wildman–Crippen MR) is 130 cm³/mol. The summed E-state index contributed by atoms with van der Waals surface area (Å²) in [6.45, 7) is 0.909. The van der Waals surface area contributed by atoms with Gasteiger partial charge in [-0.2, -0.15) is 0 Å². The number of nitrogens with one attached hydrogen (secondary N) is 1. The molecule has 4 atom stereocenters. The highest BCUT2D eigenvalue weighted by Crippen LogP contribution is 2.49. The molecule has 0 unspecified atom stereocenters. The van der Waals surface area contributed by atoms with Crippen LogP contribution < -0.4 is 5.56 Å². The molecule has 0 saturated carbocycles. The first-order chi connectivity index (χ1) is 17.4. The number of hydrogen-bond donors (Lipinski definition) is 1. The number of halogens is 1. The van der Waals surface area contributed by atoms with Crippen LogP contribution in [-0.4, -0.2) is 46.4 Å². The Balaban J connectivity index is 1.45. The van der Waals surface area contributed by atoms with E-state index in [9.17, 15) is 14.4 Å². The number of alkyl halides is 1. The van der Waals surface area contributed by atoms with E-state index >= 15 is 4.39 Å². The third-order valence-electron chi connectivity index (χ3n) is 6.01. The highest BCUT2D eigenvalue weighted by molar-refractivity contribution is 7.11. The molecule has 3 heterocycles. The van der Waals surface area contributed by atoms with Gasteiger partial charge in [0.25, 0.3) is 5.56 Å². The van der Waals surface area contributed by atoms with Crippen molar-refractivity contribution in [3.8, 4) is 0 Å². The van der Waals surface area contributed by atoms with E-state index in [1.54, 1.807) is 66.0 Å². The van der Waals surface area contributed by atoms with Gasteiger partial charge in [-0.3, -0.25) is 4.79 Å². The summed E-state index contributed by atoms with van der Waals surface area (Å²) in [5, 5.41) is 1.87. The molecular weight excluding hydrogens is 487 g/mol. The van der Waals surface area contributed by atoms with Crippen molar-refractivity contribution in [3.63, 3.8) is 0 Å². The summed E-state index contributed by atoms with van der Waals surface area (Å²) in [4.78, 5) is 44.6. The summed E-state index contributed by atoms with van der Waals surface area (Å²) < 4.78 is 33.5. The lowest BCUT2D eigenvalue weighted by molar-refractivity contribution is -0.0443. The Bertz CT molecular complexity index is 1450. The molecule has 5 rings (SSSR count). The maximum absolute atomic E-state index is 16.5. The van der Waals surface area contributed by atoms with Crippen LogP contribution in [0.2, 0.25) is 0 Å². The SMILES string of the molecule is C[C@@]1(F)[C@H](OC(=O)c2ccccc2)[C@@H](COC(=O)c2ccccc2)O[C@H]1c1scc2c(=O)[nH]cnc12. The molecule has 10 heteroatoms. The van der Waals surface area contributed by atoms with E-state index in [0.29, 0.717) is 21.3 Å². The predicted octanol–water partition coefficient (Wildman–Crippen LogP) is 4.24. The zero-order valence-electron chi connectivity index (χ0n) is 19.1. The number of carbonyl (C=O) groups excluding carboxylic acids is 2. The van der Waals surface area contributed by atoms with Gasteiger partial charge < -0.3 is 19.2 Å². The minimum Gasteiger partial charge on any atom is -0.459 e. The van der Waals surface area contributed by atoms with Gasteiger partial charge in [-0.15, -0.1) is 11.3 Å². The number of esters is 2. The molecule has 0 radical (unpaired) electrons. The fourth-order valence-electron chi connectivity index (χ4n) is 4.18. The van der Waals surface area contributed by atoms with Gasteiger partial charge in [0.1, 0.15) is 18.8 Å². The molecule has 4 aromatic rings. The lowest BCUT2D eigenvalue weighted by Gasteiger charge is -2.27. The van der Waals surface area contributed by atoms with E-state index < -0.39 is 35.9 Å². The quantitative estimate of drug-likeness (QED) is 0.388. The average Bonchev–Trinajstić information content (AvgIpc) is 3.42. The number of aromatic amines is 1. The molecule has 8 nitrogen and oxygen atoms in total. The van der Waals surface area contributed by atoms with Crippen LogP contribution in [-0.2, 0) is 14.2 Å². The molecule has 1 aliphatic rings. The summed E-state index contributed by atoms with van der Waals surface area (Å²) in [7, 11) is 0. The number of carbonyl (C=O) groups is 2. The van der Waals surface area contributed by atoms with Crippen LogP contribution in [0, 0.1) is 0 Å². The van der Waals surface area contributed by atoms with Crippen molar-refractivity contribution >= 4 is 34.2 Å². The van der Waals surface area contributed by atoms with Gasteiger partial charge in [0.05, 0.1) is 33.2 Å². The Morgan fingerprint density at radius 2 is 1.72 bits per heavy atom. The molecule has 36 heavy (non-hydrogen) atoms. The number of ether oxygens (including phenoxy) is 3. The Labute approximate surface area is 208 Å². The number of thiophene rings is 1. The van der Waals surface area contributed by atoms with Crippen LogP contribution in [0.5, 0.6) is 0 Å². The zero-order valence-corrected chi connectivity index (χ0v) is 19.9. The summed E-state index contributed by atoms with van der Waals surface area (Å²) >= 11 is 1.12. The van der Waals surface area contributed by atoms with Crippen LogP contribution in [0.1, 0.15) is 38.6 Å². The monoisotopic (exact) mass is 508 g/mol. The minimum atomic E-state index is -2.23. The van der Waals surface area contributed by atoms with Crippen molar-refractivity contribution in [2.75, 3.05) is 6.61 Å². The average molecular weight is 509 g/mol. The third-order valence-corrected chi connectivity index (χ3v) is 7.03. The molecule has 2 aromatic carbocycles. The van der Waals surface area contributed by atoms with E-state index in [0.717, 1.165) is 11.3 Å². The van der Waals surface area contributed by atoms with Gasteiger partial charge in [0.15, 0.2) is 11.8 Å². The van der Waals surface area contributed by atoms with Gasteiger partial charge in [-0.1, -0.05) is 36.4 Å². The second kappa shape index (κ2) is 9.63. The number of nitrogens with zero attached hydrogens (tertiary/aromatic N) is 1. The topological polar surface area (TPSA) is 108 Å². The highest BCUT2D eigenvalue weighted by atomic mass is 32.1. The number of fused-ring (bicyclic) bond motifs is 1. The first-order valence-corrected chi connectivity index (χ1v) is 12.0. The Morgan fingerprint density at radius 1 is 1.08 bits per heavy atom. The lowest BCUT2D eigenvalue weighted by Crippen LogP contribution is -2.43. The van der Waals surface area contributed by atoms with Crippen LogP contribution in [0.3, 0.4) is 0 Å². The normalized spacial score (nSPS) is 23.4. The minimum absolute atomic E-state index is 0.242. The van der Waals surface area contributed by atoms with Crippen LogP contribution in [0.25, 0.3) is 10.9 Å². The molecule has 1 aliphatic heterocycles. The maximum Gasteiger partial charge on any atom is 0.338 e. The number of benzene rings is 2. The van der Waals surface area contributed by atoms with E-state index in [4.69, 9.17) is 14.2 Å². The van der Waals surface area contributed by atoms with Crippen molar-refractivity contribution in [3.05, 3.63) is 98.7 Å². The Morgan fingerprint density at radius 3 is 2.39 bits per heavy atom. The molecule has 0 aliphatic carbocycles. The highest BCUT2D eigenvalue weighted by Gasteiger charge is 2.58. The van der Waals surface area contributed by atoms with Crippen molar-refractivity contribution < 1.29 is 28.2 Å². The lowest BCUT2D eigenvalue weighted by atomic mass is 9.93. The molecule has 0 spiro atoms. The maximum atomic E-state index is 16.5. The van der Waals surface area contributed by atoms with E-state index in [1.807, 2.05) is 0 Å². The van der Waals surface area contributed by atoms with Crippen molar-refractivity contribution in [1.82, 2.24) is 9.97 Å². The van der Waals surface area contributed by atoms with E-state index in [-0.39, 0.29) is 17.7 Å². The summed E-state index contributed by atoms with van der Waals surface area (Å²) in [6, 6.07) is 16.5. The smallest absolute Gasteiger partial charge is 0.338 e. The molecule has 2 aromatic heterocycles. The van der Waals surface area contributed by atoms with Gasteiger partial charge in [-0.25, -0.2) is 19.0 Å². The van der Waals surface area contributed by atoms with Crippen LogP contribution in [0.15, 0.2) is 77.2 Å². The van der Waals surface area contributed by atoms with Gasteiger partial charge in [0, 0.05) is 5.38 Å². The number of rotatable bonds is 6. The number of hydrogen-bond acceptors (Lipinski definition) is 8. The first-order valence-electron chi connectivity index (χ1n) is 11.1. The van der Waals surface area contributed by atoms with Gasteiger partial charge in [-0.05, 0) is 31.2 Å². The van der Waals surface area contributed by atoms with Crippen LogP contribution in [0.4, 0.5) is 4.39 Å².